The lowest BCUT2D eigenvalue weighted by Gasteiger charge is -2.30. The highest BCUT2D eigenvalue weighted by molar-refractivity contribution is 7.13. The lowest BCUT2D eigenvalue weighted by molar-refractivity contribution is -0.145. The highest BCUT2D eigenvalue weighted by Gasteiger charge is 2.61. The molecule has 3 aliphatic rings. The predicted molar refractivity (Wildman–Crippen MR) is 179 cm³/mol. The van der Waals surface area contributed by atoms with Gasteiger partial charge in [0.2, 0.25) is 17.7 Å². The molecule has 1 saturated carbocycles. The van der Waals surface area contributed by atoms with E-state index in [4.69, 9.17) is 19.4 Å². The number of alkyl carbamates (subject to hydrolysis) is 1. The summed E-state index contributed by atoms with van der Waals surface area (Å²) in [6.45, 7) is 5.24. The first kappa shape index (κ1) is 33.4. The third-order valence-corrected chi connectivity index (χ3v) is 9.76. The fourth-order valence-corrected chi connectivity index (χ4v) is 7.10. The van der Waals surface area contributed by atoms with Crippen molar-refractivity contribution in [1.29, 1.82) is 0 Å². The fraction of sp³-hybridized carbons (Fsp3) is 0.486. The van der Waals surface area contributed by atoms with E-state index in [9.17, 15) is 24.3 Å². The number of aromatic nitrogens is 2. The zero-order valence-corrected chi connectivity index (χ0v) is 28.1. The molecule has 2 aromatic heterocycles. The van der Waals surface area contributed by atoms with Crippen LogP contribution < -0.4 is 15.4 Å². The molecule has 2 aliphatic heterocycles. The number of thiophene rings is 1. The number of fused-ring (bicyclic) bond motifs is 3. The summed E-state index contributed by atoms with van der Waals surface area (Å²) in [7, 11) is 0. The van der Waals surface area contributed by atoms with Gasteiger partial charge in [-0.05, 0) is 70.0 Å². The van der Waals surface area contributed by atoms with Crippen molar-refractivity contribution in [2.75, 3.05) is 6.54 Å². The smallest absolute Gasteiger partial charge is 0.408 e. The number of para-hydroxylation sites is 2. The first-order chi connectivity index (χ1) is 22.9. The van der Waals surface area contributed by atoms with Crippen LogP contribution in [-0.4, -0.2) is 79.7 Å². The summed E-state index contributed by atoms with van der Waals surface area (Å²) in [5.74, 6) is -2.23. The second-order valence-electron chi connectivity index (χ2n) is 13.7. The molecule has 1 saturated heterocycles. The lowest BCUT2D eigenvalue weighted by atomic mass is 10.0. The molecule has 3 amide bonds. The Morgan fingerprint density at radius 3 is 2.56 bits per heavy atom. The summed E-state index contributed by atoms with van der Waals surface area (Å²) in [4.78, 5) is 65.5. The topological polar surface area (TPSA) is 160 Å². The van der Waals surface area contributed by atoms with E-state index in [1.54, 1.807) is 20.8 Å². The number of amides is 3. The Hall–Kier alpha value is -4.52. The van der Waals surface area contributed by atoms with Crippen molar-refractivity contribution in [2.24, 2.45) is 5.92 Å². The number of hydrogen-bond acceptors (Lipinski definition) is 9. The molecular formula is C35H41N5O7S. The van der Waals surface area contributed by atoms with Gasteiger partial charge in [0.15, 0.2) is 0 Å². The van der Waals surface area contributed by atoms with E-state index < -0.39 is 53.2 Å². The normalized spacial score (nSPS) is 27.1. The molecule has 0 radical (unpaired) electrons. The van der Waals surface area contributed by atoms with Gasteiger partial charge < -0.3 is 30.1 Å². The van der Waals surface area contributed by atoms with Crippen molar-refractivity contribution in [3.63, 3.8) is 0 Å². The first-order valence-corrected chi connectivity index (χ1v) is 17.3. The van der Waals surface area contributed by atoms with E-state index in [1.807, 2.05) is 53.9 Å². The Kier molecular flexibility index (Phi) is 9.41. The van der Waals surface area contributed by atoms with Crippen molar-refractivity contribution < 1.29 is 33.8 Å². The summed E-state index contributed by atoms with van der Waals surface area (Å²) in [5, 5.41) is 17.6. The Bertz CT molecular complexity index is 1720. The maximum Gasteiger partial charge on any atom is 0.408 e. The van der Waals surface area contributed by atoms with E-state index in [1.165, 1.54) is 16.2 Å². The number of rotatable bonds is 5. The van der Waals surface area contributed by atoms with Crippen LogP contribution in [0.15, 0.2) is 53.9 Å². The molecule has 1 aromatic carbocycles. The monoisotopic (exact) mass is 675 g/mol. The van der Waals surface area contributed by atoms with Gasteiger partial charge in [-0.1, -0.05) is 43.2 Å². The Morgan fingerprint density at radius 1 is 1.08 bits per heavy atom. The number of aliphatic carboxylic acids is 1. The van der Waals surface area contributed by atoms with Crippen molar-refractivity contribution in [2.45, 2.75) is 95.0 Å². The van der Waals surface area contributed by atoms with Crippen molar-refractivity contribution in [1.82, 2.24) is 25.5 Å². The van der Waals surface area contributed by atoms with Gasteiger partial charge >= 0.3 is 12.1 Å². The van der Waals surface area contributed by atoms with Gasteiger partial charge in [0.05, 0.1) is 22.5 Å². The summed E-state index contributed by atoms with van der Waals surface area (Å²) >= 11 is 1.49. The molecule has 12 nitrogen and oxygen atoms in total. The number of nitrogens with one attached hydrogen (secondary N) is 2. The molecule has 3 N–H and O–H groups in total. The van der Waals surface area contributed by atoms with Crippen LogP contribution in [0.2, 0.25) is 0 Å². The number of carboxylic acids is 1. The molecule has 4 heterocycles. The van der Waals surface area contributed by atoms with Gasteiger partial charge in [0.1, 0.15) is 35.0 Å². The van der Waals surface area contributed by atoms with Crippen molar-refractivity contribution in [3.8, 4) is 16.5 Å². The Morgan fingerprint density at radius 2 is 1.85 bits per heavy atom. The van der Waals surface area contributed by atoms with Gasteiger partial charge in [-0.3, -0.25) is 9.59 Å². The molecule has 5 atom stereocenters. The maximum absolute atomic E-state index is 14.3. The predicted octanol–water partition coefficient (Wildman–Crippen LogP) is 5.08. The van der Waals surface area contributed by atoms with Gasteiger partial charge in [-0.15, -0.1) is 11.3 Å². The summed E-state index contributed by atoms with van der Waals surface area (Å²) in [6.07, 6.45) is 6.18. The molecule has 6 rings (SSSR count). The number of carboxylic acid groups (broad SMARTS) is 1. The molecule has 0 bridgehead atoms. The van der Waals surface area contributed by atoms with Crippen LogP contribution in [0, 0.1) is 5.92 Å². The molecule has 0 unspecified atom stereocenters. The third kappa shape index (κ3) is 7.30. The number of carbonyl (C=O) groups excluding carboxylic acids is 3. The van der Waals surface area contributed by atoms with E-state index in [-0.39, 0.29) is 31.2 Å². The van der Waals surface area contributed by atoms with E-state index in [0.717, 1.165) is 24.1 Å². The fourth-order valence-electron chi connectivity index (χ4n) is 6.39. The molecule has 254 valence electrons. The molecule has 13 heteroatoms. The second kappa shape index (κ2) is 13.5. The van der Waals surface area contributed by atoms with Crippen LogP contribution in [0.25, 0.3) is 21.6 Å². The summed E-state index contributed by atoms with van der Waals surface area (Å²) in [5.41, 5.74) is -0.337. The minimum absolute atomic E-state index is 0.0191. The number of ether oxygens (including phenoxy) is 2. The first-order valence-electron chi connectivity index (χ1n) is 16.4. The summed E-state index contributed by atoms with van der Waals surface area (Å²) < 4.78 is 12.0. The zero-order chi connectivity index (χ0) is 34.1. The van der Waals surface area contributed by atoms with E-state index >= 15 is 0 Å². The van der Waals surface area contributed by atoms with Crippen LogP contribution in [0.3, 0.4) is 0 Å². The lowest BCUT2D eigenvalue weighted by Crippen LogP contribution is -2.56. The Labute approximate surface area is 282 Å². The third-order valence-electron chi connectivity index (χ3n) is 8.88. The largest absolute Gasteiger partial charge is 0.479 e. The molecule has 48 heavy (non-hydrogen) atoms. The minimum atomic E-state index is -1.44. The van der Waals surface area contributed by atoms with Gasteiger partial charge in [0.25, 0.3) is 0 Å². The van der Waals surface area contributed by atoms with Crippen molar-refractivity contribution >= 4 is 46.2 Å². The average Bonchev–Trinajstić information content (AvgIpc) is 3.34. The standard InChI is InChI=1S/C35H41N5O7S/c1-34(2,3)47-33(45)38-25-15-8-6-4-5-7-12-21-19-35(21,32(43)44)39-29(41)26-18-22(20-40(26)31(25)42)46-30-28(27-16-11-17-48-27)36-23-13-9-10-14-24(23)37-30/h7,9-14,16-17,21-22,25-26H,4-6,8,15,18-20H2,1-3H3,(H,38,45)(H,39,41)(H,43,44)/b12-7-/t21-,22-,25+,26-,35+/m0/s1. The molecule has 2 fully saturated rings. The number of benzene rings is 1. The molecule has 3 aromatic rings. The Balaban J connectivity index is 1.32. The molecule has 1 aliphatic carbocycles. The summed E-state index contributed by atoms with van der Waals surface area (Å²) in [6, 6.07) is 9.27. The maximum atomic E-state index is 14.3. The average molecular weight is 676 g/mol. The molecule has 0 spiro atoms. The van der Waals surface area contributed by atoms with Crippen LogP contribution in [0.1, 0.15) is 65.7 Å². The second-order valence-corrected chi connectivity index (χ2v) is 14.6. The SMILES string of the molecule is CC(C)(C)OC(=O)N[C@@H]1CCCCC/C=C\[C@H]2C[C@@]2(C(=O)O)NC(=O)[C@@H]2C[C@H](Oc3nc4ccccc4nc3-c3cccs3)CN2C1=O. The number of hydrogen-bond donors (Lipinski definition) is 3. The highest BCUT2D eigenvalue weighted by atomic mass is 32.1. The van der Waals surface area contributed by atoms with Crippen molar-refractivity contribution in [3.05, 3.63) is 53.9 Å². The molecular weight excluding hydrogens is 634 g/mol. The minimum Gasteiger partial charge on any atom is -0.479 e. The van der Waals surface area contributed by atoms with E-state index in [0.29, 0.717) is 29.6 Å². The highest BCUT2D eigenvalue weighted by Crippen LogP contribution is 2.45. The quantitative estimate of drug-likeness (QED) is 0.314. The van der Waals surface area contributed by atoms with Crippen LogP contribution >= 0.6 is 11.3 Å². The number of carbonyl (C=O) groups is 4. The van der Waals surface area contributed by atoms with Crippen LogP contribution in [-0.2, 0) is 19.1 Å². The van der Waals surface area contributed by atoms with Crippen LogP contribution in [0.4, 0.5) is 4.79 Å². The van der Waals surface area contributed by atoms with Gasteiger partial charge in [-0.2, -0.15) is 0 Å². The number of allylic oxidation sites excluding steroid dienone is 1. The van der Waals surface area contributed by atoms with Gasteiger partial charge in [0, 0.05) is 12.3 Å². The zero-order valence-electron chi connectivity index (χ0n) is 27.3. The number of nitrogens with zero attached hydrogens (tertiary/aromatic N) is 3. The van der Waals surface area contributed by atoms with Crippen LogP contribution in [0.5, 0.6) is 5.88 Å². The van der Waals surface area contributed by atoms with E-state index in [2.05, 4.69) is 10.6 Å². The van der Waals surface area contributed by atoms with Gasteiger partial charge in [-0.25, -0.2) is 19.6 Å².